The minimum atomic E-state index is -0.779. The monoisotopic (exact) mass is 1070 g/mol. The second-order valence-corrected chi connectivity index (χ2v) is 21.6. The van der Waals surface area contributed by atoms with E-state index < -0.39 is 6.10 Å². The average molecular weight is 1070 g/mol. The summed E-state index contributed by atoms with van der Waals surface area (Å²) in [5.74, 6) is -0.880. The molecule has 1 atom stereocenters. The van der Waals surface area contributed by atoms with E-state index in [0.717, 1.165) is 116 Å². The third-order valence-corrected chi connectivity index (χ3v) is 14.1. The van der Waals surface area contributed by atoms with Crippen LogP contribution in [0.5, 0.6) is 0 Å². The van der Waals surface area contributed by atoms with Gasteiger partial charge in [0, 0.05) is 19.3 Å². The van der Waals surface area contributed by atoms with Gasteiger partial charge in [-0.05, 0) is 96.3 Å². The Hall–Kier alpha value is -3.67. The second kappa shape index (κ2) is 64.9. The molecule has 0 saturated heterocycles. The van der Waals surface area contributed by atoms with Crippen LogP contribution in [0.25, 0.3) is 0 Å². The van der Waals surface area contributed by atoms with Crippen molar-refractivity contribution in [2.24, 2.45) is 0 Å². The van der Waals surface area contributed by atoms with Crippen LogP contribution >= 0.6 is 0 Å². The molecular formula is C71H122O6. The molecule has 6 heteroatoms. The first kappa shape index (κ1) is 73.3. The van der Waals surface area contributed by atoms with Crippen molar-refractivity contribution in [1.82, 2.24) is 0 Å². The first-order chi connectivity index (χ1) is 38.0. The lowest BCUT2D eigenvalue weighted by molar-refractivity contribution is -0.167. The van der Waals surface area contributed by atoms with Gasteiger partial charge in [0.15, 0.2) is 6.10 Å². The Morgan fingerprint density at radius 3 is 0.857 bits per heavy atom. The normalized spacial score (nSPS) is 12.7. The summed E-state index contributed by atoms with van der Waals surface area (Å²) in [7, 11) is 0. The van der Waals surface area contributed by atoms with Crippen molar-refractivity contribution in [3.63, 3.8) is 0 Å². The van der Waals surface area contributed by atoms with E-state index in [-0.39, 0.29) is 31.1 Å². The van der Waals surface area contributed by atoms with Crippen molar-refractivity contribution in [1.29, 1.82) is 0 Å². The van der Waals surface area contributed by atoms with Gasteiger partial charge in [0.2, 0.25) is 0 Å². The molecule has 0 radical (unpaired) electrons. The zero-order valence-corrected chi connectivity index (χ0v) is 50.7. The minimum Gasteiger partial charge on any atom is -0.462 e. The van der Waals surface area contributed by atoms with Crippen molar-refractivity contribution in [3.8, 4) is 0 Å². The minimum absolute atomic E-state index is 0.0781. The van der Waals surface area contributed by atoms with Gasteiger partial charge in [-0.3, -0.25) is 14.4 Å². The number of allylic oxidation sites excluding steroid dienone is 16. The highest BCUT2D eigenvalue weighted by Crippen LogP contribution is 2.17. The van der Waals surface area contributed by atoms with Crippen LogP contribution in [0.15, 0.2) is 97.2 Å². The summed E-state index contributed by atoms with van der Waals surface area (Å²) in [6.45, 7) is 6.48. The van der Waals surface area contributed by atoms with Crippen LogP contribution in [0.1, 0.15) is 316 Å². The second-order valence-electron chi connectivity index (χ2n) is 21.6. The molecule has 1 unspecified atom stereocenters. The van der Waals surface area contributed by atoms with Gasteiger partial charge in [-0.25, -0.2) is 0 Å². The fourth-order valence-electron chi connectivity index (χ4n) is 9.19. The van der Waals surface area contributed by atoms with Gasteiger partial charge in [0.1, 0.15) is 13.2 Å². The third kappa shape index (κ3) is 63.0. The van der Waals surface area contributed by atoms with E-state index in [1.54, 1.807) is 0 Å². The number of hydrogen-bond acceptors (Lipinski definition) is 6. The van der Waals surface area contributed by atoms with Crippen LogP contribution in [0.4, 0.5) is 0 Å². The number of ether oxygens (including phenoxy) is 3. The van der Waals surface area contributed by atoms with E-state index in [1.807, 2.05) is 0 Å². The van der Waals surface area contributed by atoms with Crippen molar-refractivity contribution >= 4 is 17.9 Å². The summed E-state index contributed by atoms with van der Waals surface area (Å²) in [4.78, 5) is 38.2. The van der Waals surface area contributed by atoms with E-state index in [4.69, 9.17) is 14.2 Å². The van der Waals surface area contributed by atoms with Gasteiger partial charge in [0.25, 0.3) is 0 Å². The number of esters is 3. The number of unbranched alkanes of at least 4 members (excludes halogenated alkanes) is 32. The lowest BCUT2D eigenvalue weighted by Crippen LogP contribution is -2.30. The Morgan fingerprint density at radius 2 is 0.532 bits per heavy atom. The molecule has 0 aromatic rings. The topological polar surface area (TPSA) is 78.9 Å². The van der Waals surface area contributed by atoms with Crippen LogP contribution in [0.2, 0.25) is 0 Å². The number of carbonyl (C=O) groups is 3. The summed E-state index contributed by atoms with van der Waals surface area (Å²) in [6, 6.07) is 0. The number of rotatable bonds is 59. The summed E-state index contributed by atoms with van der Waals surface area (Å²) < 4.78 is 16.9. The van der Waals surface area contributed by atoms with Crippen LogP contribution in [-0.4, -0.2) is 37.2 Å². The van der Waals surface area contributed by atoms with E-state index in [1.165, 1.54) is 161 Å². The van der Waals surface area contributed by atoms with E-state index >= 15 is 0 Å². The van der Waals surface area contributed by atoms with Crippen molar-refractivity contribution in [2.75, 3.05) is 13.2 Å². The summed E-state index contributed by atoms with van der Waals surface area (Å²) in [6.07, 6.45) is 87.2. The molecule has 442 valence electrons. The molecule has 0 spiro atoms. The van der Waals surface area contributed by atoms with Crippen molar-refractivity contribution in [2.45, 2.75) is 322 Å². The Morgan fingerprint density at radius 1 is 0.273 bits per heavy atom. The van der Waals surface area contributed by atoms with Crippen LogP contribution in [-0.2, 0) is 28.6 Å². The highest BCUT2D eigenvalue weighted by atomic mass is 16.6. The van der Waals surface area contributed by atoms with Crippen LogP contribution < -0.4 is 0 Å². The zero-order valence-electron chi connectivity index (χ0n) is 50.7. The maximum absolute atomic E-state index is 12.9. The Labute approximate surface area is 477 Å². The Kier molecular flexibility index (Phi) is 61.8. The summed E-state index contributed by atoms with van der Waals surface area (Å²) in [5.41, 5.74) is 0. The molecule has 77 heavy (non-hydrogen) atoms. The lowest BCUT2D eigenvalue weighted by Gasteiger charge is -2.18. The Balaban J connectivity index is 4.16. The van der Waals surface area contributed by atoms with Gasteiger partial charge < -0.3 is 14.2 Å². The van der Waals surface area contributed by atoms with E-state index in [2.05, 4.69) is 118 Å². The van der Waals surface area contributed by atoms with E-state index in [9.17, 15) is 14.4 Å². The number of hydrogen-bond donors (Lipinski definition) is 0. The average Bonchev–Trinajstić information content (AvgIpc) is 3.43. The van der Waals surface area contributed by atoms with Gasteiger partial charge in [-0.1, -0.05) is 298 Å². The highest BCUT2D eigenvalue weighted by Gasteiger charge is 2.19. The first-order valence-corrected chi connectivity index (χ1v) is 32.7. The molecule has 6 nitrogen and oxygen atoms in total. The maximum atomic E-state index is 12.9. The van der Waals surface area contributed by atoms with Gasteiger partial charge in [0.05, 0.1) is 0 Å². The predicted molar refractivity (Wildman–Crippen MR) is 334 cm³/mol. The van der Waals surface area contributed by atoms with Gasteiger partial charge in [-0.15, -0.1) is 0 Å². The van der Waals surface area contributed by atoms with Crippen LogP contribution in [0, 0.1) is 0 Å². The quantitative estimate of drug-likeness (QED) is 0.0261. The third-order valence-electron chi connectivity index (χ3n) is 14.1. The molecule has 0 fully saturated rings. The predicted octanol–water partition coefficient (Wildman–Crippen LogP) is 22.4. The standard InChI is InChI=1S/C71H122O6/c1-4-7-10-13-16-19-22-24-26-28-29-30-31-32-33-34-35-36-37-38-39-40-41-42-43-44-46-47-49-52-55-58-61-64-70(73)76-67-68(66-75-69(72)63-60-57-54-51-21-18-15-12-9-6-3)77-71(74)65-62-59-56-53-50-48-45-27-25-23-20-17-14-11-8-5-2/h7,10,12,15-16,19,24,26,29-30,32-33,35-36,38-39,68H,4-6,8-9,11,13-14,17-18,20-23,25,27-28,31,34,37,40-67H2,1-3H3/b10-7-,15-12-,19-16-,26-24-,30-29-,33-32-,36-35-,39-38-. The molecule has 0 aromatic heterocycles. The largest absolute Gasteiger partial charge is 0.462 e. The molecule has 0 N–H and O–H groups in total. The molecular weight excluding hydrogens is 949 g/mol. The molecule has 0 aliphatic heterocycles. The lowest BCUT2D eigenvalue weighted by atomic mass is 10.0. The fraction of sp³-hybridized carbons (Fsp3) is 0.732. The molecule has 0 amide bonds. The molecule has 0 rings (SSSR count). The smallest absolute Gasteiger partial charge is 0.306 e. The Bertz CT molecular complexity index is 1510. The van der Waals surface area contributed by atoms with Gasteiger partial charge in [-0.2, -0.15) is 0 Å². The summed E-state index contributed by atoms with van der Waals surface area (Å²) >= 11 is 0. The molecule has 0 heterocycles. The van der Waals surface area contributed by atoms with Crippen molar-refractivity contribution < 1.29 is 28.6 Å². The molecule has 0 saturated carbocycles. The van der Waals surface area contributed by atoms with Crippen LogP contribution in [0.3, 0.4) is 0 Å². The van der Waals surface area contributed by atoms with Crippen molar-refractivity contribution in [3.05, 3.63) is 97.2 Å². The number of carbonyl (C=O) groups excluding carboxylic acids is 3. The molecule has 0 aliphatic carbocycles. The molecule has 0 bridgehead atoms. The maximum Gasteiger partial charge on any atom is 0.306 e. The fourth-order valence-corrected chi connectivity index (χ4v) is 9.19. The highest BCUT2D eigenvalue weighted by molar-refractivity contribution is 5.71. The first-order valence-electron chi connectivity index (χ1n) is 32.7. The molecule has 0 aliphatic rings. The van der Waals surface area contributed by atoms with Gasteiger partial charge >= 0.3 is 17.9 Å². The SMILES string of the molecule is CC/C=C\C/C=C\C/C=C\C/C=C\C/C=C\C/C=C\C/C=C\CCCCCCCCCCCCCC(=O)OCC(COC(=O)CCCCCCC/C=C\CCC)OC(=O)CCCCCCCCCCCCCCCCCC. The summed E-state index contributed by atoms with van der Waals surface area (Å²) in [5, 5.41) is 0. The zero-order chi connectivity index (χ0) is 55.7. The molecule has 0 aromatic carbocycles. The van der Waals surface area contributed by atoms with E-state index in [0.29, 0.717) is 19.3 Å².